The number of para-hydroxylation sites is 1. The summed E-state index contributed by atoms with van der Waals surface area (Å²) in [6.07, 6.45) is 0. The highest BCUT2D eigenvalue weighted by Crippen LogP contribution is 2.42. The molecule has 0 bridgehead atoms. The fraction of sp³-hybridized carbons (Fsp3) is 0.211. The number of carbonyl (C=O) groups excluding carboxylic acids is 1. The summed E-state index contributed by atoms with van der Waals surface area (Å²) in [7, 11) is 3.12. The lowest BCUT2D eigenvalue weighted by molar-refractivity contribution is 0.262. The number of methoxy groups -OCH3 is 2. The van der Waals surface area contributed by atoms with Crippen LogP contribution in [0.2, 0.25) is 0 Å². The molecule has 3 rings (SSSR count). The van der Waals surface area contributed by atoms with Crippen LogP contribution in [0.3, 0.4) is 0 Å². The molecule has 1 heterocycles. The minimum atomic E-state index is -0.393. The first kappa shape index (κ1) is 19.4. The summed E-state index contributed by atoms with van der Waals surface area (Å²) < 4.78 is 16.4. The third-order valence-corrected chi connectivity index (χ3v) is 4.56. The number of amides is 2. The third kappa shape index (κ3) is 4.49. The maximum Gasteiger partial charge on any atom is 0.325 e. The first-order chi connectivity index (χ1) is 13.6. The molecule has 146 valence electrons. The van der Waals surface area contributed by atoms with Gasteiger partial charge in [0.1, 0.15) is 5.01 Å². The van der Waals surface area contributed by atoms with Crippen molar-refractivity contribution in [2.45, 2.75) is 6.92 Å². The molecule has 0 aliphatic carbocycles. The molecule has 0 saturated heterocycles. The van der Waals surface area contributed by atoms with Crippen LogP contribution in [0.25, 0.3) is 10.6 Å². The van der Waals surface area contributed by atoms with Crippen molar-refractivity contribution in [3.8, 4) is 27.8 Å². The first-order valence-corrected chi connectivity index (χ1v) is 9.32. The van der Waals surface area contributed by atoms with Crippen LogP contribution in [0.1, 0.15) is 6.92 Å². The Hall–Kier alpha value is -3.33. The number of anilines is 2. The summed E-state index contributed by atoms with van der Waals surface area (Å²) in [5.41, 5.74) is 1.43. The molecule has 0 spiro atoms. The fourth-order valence-corrected chi connectivity index (χ4v) is 3.19. The lowest BCUT2D eigenvalue weighted by Crippen LogP contribution is -2.19. The Morgan fingerprint density at radius 2 is 1.71 bits per heavy atom. The molecule has 2 amide bonds. The summed E-state index contributed by atoms with van der Waals surface area (Å²) in [4.78, 5) is 12.1. The quantitative estimate of drug-likeness (QED) is 0.615. The van der Waals surface area contributed by atoms with E-state index in [4.69, 9.17) is 14.2 Å². The first-order valence-electron chi connectivity index (χ1n) is 8.50. The molecule has 0 unspecified atom stereocenters. The largest absolute Gasteiger partial charge is 0.493 e. The lowest BCUT2D eigenvalue weighted by atomic mass is 10.2. The number of urea groups is 1. The number of benzene rings is 2. The molecule has 28 heavy (non-hydrogen) atoms. The summed E-state index contributed by atoms with van der Waals surface area (Å²) in [5, 5.41) is 14.6. The second-order valence-electron chi connectivity index (χ2n) is 5.50. The molecule has 0 radical (unpaired) electrons. The van der Waals surface area contributed by atoms with Gasteiger partial charge in [-0.15, -0.1) is 10.2 Å². The highest BCUT2D eigenvalue weighted by molar-refractivity contribution is 7.18. The van der Waals surface area contributed by atoms with Crippen molar-refractivity contribution < 1.29 is 19.0 Å². The summed E-state index contributed by atoms with van der Waals surface area (Å²) >= 11 is 1.24. The number of hydrogen-bond donors (Lipinski definition) is 2. The standard InChI is InChI=1S/C19H20N4O4S/c1-4-27-16-14(25-2)10-12(11-15(16)26-3)17-22-23-19(28-17)21-18(24)20-13-8-6-5-7-9-13/h5-11H,4H2,1-3H3,(H2,20,21,23,24). The van der Waals surface area contributed by atoms with Gasteiger partial charge in [-0.1, -0.05) is 29.5 Å². The molecule has 9 heteroatoms. The molecule has 0 atom stereocenters. The van der Waals surface area contributed by atoms with Crippen LogP contribution in [-0.2, 0) is 0 Å². The molecule has 8 nitrogen and oxygen atoms in total. The van der Waals surface area contributed by atoms with Crippen LogP contribution < -0.4 is 24.8 Å². The predicted octanol–water partition coefficient (Wildman–Crippen LogP) is 4.27. The molecule has 0 aliphatic rings. The van der Waals surface area contributed by atoms with Gasteiger partial charge in [0.15, 0.2) is 11.5 Å². The number of hydrogen-bond acceptors (Lipinski definition) is 7. The van der Waals surface area contributed by atoms with E-state index in [0.717, 1.165) is 5.56 Å². The van der Waals surface area contributed by atoms with E-state index in [1.807, 2.05) is 25.1 Å². The van der Waals surface area contributed by atoms with Crippen molar-refractivity contribution in [2.75, 3.05) is 31.5 Å². The number of rotatable bonds is 7. The average Bonchev–Trinajstić information content (AvgIpc) is 3.17. The van der Waals surface area contributed by atoms with E-state index in [-0.39, 0.29) is 0 Å². The van der Waals surface area contributed by atoms with Gasteiger partial charge in [-0.3, -0.25) is 5.32 Å². The van der Waals surface area contributed by atoms with Crippen LogP contribution >= 0.6 is 11.3 Å². The Bertz CT molecular complexity index is 921. The zero-order valence-corrected chi connectivity index (χ0v) is 16.5. The van der Waals surface area contributed by atoms with Crippen molar-refractivity contribution in [1.82, 2.24) is 10.2 Å². The van der Waals surface area contributed by atoms with Crippen molar-refractivity contribution in [1.29, 1.82) is 0 Å². The van der Waals surface area contributed by atoms with E-state index in [9.17, 15) is 4.79 Å². The van der Waals surface area contributed by atoms with Gasteiger partial charge in [0.25, 0.3) is 0 Å². The Morgan fingerprint density at radius 3 is 2.32 bits per heavy atom. The molecule has 1 aromatic heterocycles. The van der Waals surface area contributed by atoms with Crippen LogP contribution in [0.15, 0.2) is 42.5 Å². The number of aromatic nitrogens is 2. The second kappa shape index (κ2) is 9.05. The van der Waals surface area contributed by atoms with E-state index < -0.39 is 6.03 Å². The van der Waals surface area contributed by atoms with Gasteiger partial charge in [-0.2, -0.15) is 0 Å². The molecule has 0 saturated carbocycles. The Labute approximate surface area is 166 Å². The highest BCUT2D eigenvalue weighted by atomic mass is 32.1. The van der Waals surface area contributed by atoms with Gasteiger partial charge in [0.05, 0.1) is 20.8 Å². The van der Waals surface area contributed by atoms with Crippen LogP contribution in [-0.4, -0.2) is 37.1 Å². The maximum atomic E-state index is 12.1. The average molecular weight is 400 g/mol. The maximum absolute atomic E-state index is 12.1. The van der Waals surface area contributed by atoms with Crippen molar-refractivity contribution in [3.63, 3.8) is 0 Å². The number of nitrogens with one attached hydrogen (secondary N) is 2. The molecule has 3 aromatic rings. The molecule has 2 aromatic carbocycles. The zero-order chi connectivity index (χ0) is 19.9. The summed E-state index contributed by atoms with van der Waals surface area (Å²) in [6, 6.07) is 12.3. The Balaban J connectivity index is 1.78. The molecule has 2 N–H and O–H groups in total. The summed E-state index contributed by atoms with van der Waals surface area (Å²) in [5.74, 6) is 1.59. The van der Waals surface area contributed by atoms with Gasteiger partial charge >= 0.3 is 6.03 Å². The molecular formula is C19H20N4O4S. The van der Waals surface area contributed by atoms with Gasteiger partial charge < -0.3 is 19.5 Å². The van der Waals surface area contributed by atoms with E-state index >= 15 is 0 Å². The van der Waals surface area contributed by atoms with Crippen LogP contribution in [0.5, 0.6) is 17.2 Å². The molecule has 0 aliphatic heterocycles. The molecule has 0 fully saturated rings. The zero-order valence-electron chi connectivity index (χ0n) is 15.7. The Kier molecular flexibility index (Phi) is 6.28. The Morgan fingerprint density at radius 1 is 1.04 bits per heavy atom. The number of nitrogens with zero attached hydrogens (tertiary/aromatic N) is 2. The van der Waals surface area contributed by atoms with Gasteiger partial charge in [0.2, 0.25) is 10.9 Å². The predicted molar refractivity (Wildman–Crippen MR) is 109 cm³/mol. The fourth-order valence-electron chi connectivity index (χ4n) is 2.46. The topological polar surface area (TPSA) is 94.6 Å². The number of ether oxygens (including phenoxy) is 3. The van der Waals surface area contributed by atoms with Crippen LogP contribution in [0, 0.1) is 0 Å². The SMILES string of the molecule is CCOc1c(OC)cc(-c2nnc(NC(=O)Nc3ccccc3)s2)cc1OC. The van der Waals surface area contributed by atoms with Crippen molar-refractivity contribution in [3.05, 3.63) is 42.5 Å². The smallest absolute Gasteiger partial charge is 0.325 e. The minimum absolute atomic E-state index is 0.371. The van der Waals surface area contributed by atoms with E-state index in [2.05, 4.69) is 20.8 Å². The minimum Gasteiger partial charge on any atom is -0.493 e. The second-order valence-corrected chi connectivity index (χ2v) is 6.48. The number of carbonyl (C=O) groups is 1. The highest BCUT2D eigenvalue weighted by Gasteiger charge is 2.17. The van der Waals surface area contributed by atoms with E-state index in [1.165, 1.54) is 11.3 Å². The van der Waals surface area contributed by atoms with Crippen molar-refractivity contribution >= 4 is 28.2 Å². The van der Waals surface area contributed by atoms with Crippen molar-refractivity contribution in [2.24, 2.45) is 0 Å². The van der Waals surface area contributed by atoms with Crippen LogP contribution in [0.4, 0.5) is 15.6 Å². The normalized spacial score (nSPS) is 10.2. The molecular weight excluding hydrogens is 380 g/mol. The lowest BCUT2D eigenvalue weighted by Gasteiger charge is -2.14. The van der Waals surface area contributed by atoms with Gasteiger partial charge in [-0.25, -0.2) is 4.79 Å². The monoisotopic (exact) mass is 400 g/mol. The van der Waals surface area contributed by atoms with Gasteiger partial charge in [-0.05, 0) is 31.2 Å². The van der Waals surface area contributed by atoms with E-state index in [1.54, 1.807) is 38.5 Å². The van der Waals surface area contributed by atoms with Gasteiger partial charge in [0, 0.05) is 11.3 Å². The summed E-state index contributed by atoms with van der Waals surface area (Å²) in [6.45, 7) is 2.37. The third-order valence-electron chi connectivity index (χ3n) is 3.67. The van der Waals surface area contributed by atoms with E-state index in [0.29, 0.717) is 39.7 Å².